The van der Waals surface area contributed by atoms with E-state index >= 15 is 0 Å². The number of carbonyl (C=O) groups excluding carboxylic acids is 2. The van der Waals surface area contributed by atoms with Crippen LogP contribution in [0.2, 0.25) is 10.0 Å². The lowest BCUT2D eigenvalue weighted by Crippen LogP contribution is -2.16. The van der Waals surface area contributed by atoms with Gasteiger partial charge >= 0.3 is 5.97 Å². The summed E-state index contributed by atoms with van der Waals surface area (Å²) in [7, 11) is 0. The molecule has 0 bridgehead atoms. The number of aromatic hydroxyl groups is 1. The zero-order chi connectivity index (χ0) is 20.6. The van der Waals surface area contributed by atoms with Crippen molar-refractivity contribution in [3.05, 3.63) is 63.3 Å². The fourth-order valence-corrected chi connectivity index (χ4v) is 3.46. The molecule has 0 aliphatic heterocycles. The fraction of sp³-hybridized carbons (Fsp3) is 0.238. The molecule has 1 N–H and O–H groups in total. The first-order chi connectivity index (χ1) is 13.2. The number of halogens is 2. The monoisotopic (exact) mass is 419 g/mol. The van der Waals surface area contributed by atoms with Gasteiger partial charge in [0.1, 0.15) is 5.75 Å². The lowest BCUT2D eigenvalue weighted by molar-refractivity contribution is -0.146. The number of hydrogen-bond acceptors (Lipinski definition) is 4. The highest BCUT2D eigenvalue weighted by Crippen LogP contribution is 2.31. The van der Waals surface area contributed by atoms with Crippen LogP contribution in [0, 0.1) is 6.92 Å². The maximum atomic E-state index is 13.2. The van der Waals surface area contributed by atoms with E-state index in [9.17, 15) is 14.7 Å². The first-order valence-corrected chi connectivity index (χ1v) is 9.46. The van der Waals surface area contributed by atoms with Gasteiger partial charge in [-0.2, -0.15) is 0 Å². The second kappa shape index (κ2) is 7.86. The summed E-state index contributed by atoms with van der Waals surface area (Å²) in [6.45, 7) is 5.30. The van der Waals surface area contributed by atoms with Crippen molar-refractivity contribution in [2.75, 3.05) is 0 Å². The predicted octanol–water partition coefficient (Wildman–Crippen LogP) is 5.14. The summed E-state index contributed by atoms with van der Waals surface area (Å²) in [5, 5.41) is 11.2. The lowest BCUT2D eigenvalue weighted by atomic mass is 10.1. The molecule has 3 aromatic rings. The molecule has 0 aliphatic carbocycles. The molecule has 7 heteroatoms. The molecule has 0 saturated carbocycles. The average Bonchev–Trinajstić information content (AvgIpc) is 2.87. The van der Waals surface area contributed by atoms with Crippen molar-refractivity contribution >= 4 is 46.0 Å². The molecule has 0 aliphatic rings. The number of hydrogen-bond donors (Lipinski definition) is 1. The molecule has 0 spiro atoms. The van der Waals surface area contributed by atoms with Gasteiger partial charge in [0.05, 0.1) is 28.1 Å². The van der Waals surface area contributed by atoms with Crippen LogP contribution in [-0.4, -0.2) is 27.7 Å². The quantitative estimate of drug-likeness (QED) is 0.593. The van der Waals surface area contributed by atoms with E-state index in [4.69, 9.17) is 27.9 Å². The maximum absolute atomic E-state index is 13.2. The van der Waals surface area contributed by atoms with Crippen LogP contribution in [0.3, 0.4) is 0 Å². The molecule has 0 saturated heterocycles. The Balaban J connectivity index is 2.14. The molecule has 5 nitrogen and oxygen atoms in total. The zero-order valence-corrected chi connectivity index (χ0v) is 17.1. The van der Waals surface area contributed by atoms with Crippen molar-refractivity contribution in [1.29, 1.82) is 0 Å². The van der Waals surface area contributed by atoms with E-state index in [2.05, 4.69) is 0 Å². The molecule has 0 radical (unpaired) electrons. The van der Waals surface area contributed by atoms with Crippen LogP contribution in [0.25, 0.3) is 10.9 Å². The number of aromatic nitrogens is 1. The summed E-state index contributed by atoms with van der Waals surface area (Å²) in [6, 6.07) is 9.34. The average molecular weight is 420 g/mol. The van der Waals surface area contributed by atoms with Crippen LogP contribution in [0.15, 0.2) is 36.4 Å². The Morgan fingerprint density at radius 1 is 1.11 bits per heavy atom. The summed E-state index contributed by atoms with van der Waals surface area (Å²) >= 11 is 12.0. The summed E-state index contributed by atoms with van der Waals surface area (Å²) in [5.41, 5.74) is 2.17. The highest BCUT2D eigenvalue weighted by molar-refractivity contribution is 6.42. The van der Waals surface area contributed by atoms with Crippen LogP contribution in [0.1, 0.15) is 35.5 Å². The number of esters is 1. The number of nitrogens with zero attached hydrogens (tertiary/aromatic N) is 1. The zero-order valence-electron chi connectivity index (χ0n) is 15.6. The summed E-state index contributed by atoms with van der Waals surface area (Å²) in [5.74, 6) is -0.664. The second-order valence-corrected chi connectivity index (χ2v) is 7.56. The molecule has 0 fully saturated rings. The van der Waals surface area contributed by atoms with Crippen molar-refractivity contribution in [3.8, 4) is 5.75 Å². The minimum Gasteiger partial charge on any atom is -0.508 e. The number of rotatable bonds is 4. The van der Waals surface area contributed by atoms with E-state index in [1.54, 1.807) is 45.0 Å². The largest absolute Gasteiger partial charge is 0.508 e. The van der Waals surface area contributed by atoms with Crippen LogP contribution >= 0.6 is 23.2 Å². The third-order valence-electron chi connectivity index (χ3n) is 4.38. The van der Waals surface area contributed by atoms with Gasteiger partial charge in [-0.05, 0) is 62.7 Å². The first-order valence-electron chi connectivity index (χ1n) is 8.71. The van der Waals surface area contributed by atoms with Crippen molar-refractivity contribution in [2.24, 2.45) is 0 Å². The van der Waals surface area contributed by atoms with Crippen LogP contribution < -0.4 is 0 Å². The van der Waals surface area contributed by atoms with Crippen molar-refractivity contribution in [1.82, 2.24) is 4.57 Å². The highest BCUT2D eigenvalue weighted by atomic mass is 35.5. The van der Waals surface area contributed by atoms with Gasteiger partial charge in [-0.3, -0.25) is 14.2 Å². The second-order valence-electron chi connectivity index (χ2n) is 6.75. The maximum Gasteiger partial charge on any atom is 0.310 e. The van der Waals surface area contributed by atoms with Gasteiger partial charge in [0.2, 0.25) is 0 Å². The third-order valence-corrected chi connectivity index (χ3v) is 5.12. The number of phenols is 1. The third kappa shape index (κ3) is 3.86. The van der Waals surface area contributed by atoms with E-state index in [0.29, 0.717) is 32.7 Å². The molecule has 0 atom stereocenters. The van der Waals surface area contributed by atoms with Gasteiger partial charge in [0.25, 0.3) is 5.91 Å². The van der Waals surface area contributed by atoms with Gasteiger partial charge in [-0.15, -0.1) is 0 Å². The van der Waals surface area contributed by atoms with Gasteiger partial charge in [0.15, 0.2) is 0 Å². The normalized spacial score (nSPS) is 11.2. The Kier molecular flexibility index (Phi) is 5.68. The van der Waals surface area contributed by atoms with Gasteiger partial charge < -0.3 is 9.84 Å². The molecule has 1 aromatic heterocycles. The highest BCUT2D eigenvalue weighted by Gasteiger charge is 2.23. The number of benzene rings is 2. The van der Waals surface area contributed by atoms with Gasteiger partial charge in [0, 0.05) is 16.6 Å². The summed E-state index contributed by atoms with van der Waals surface area (Å²) in [4.78, 5) is 25.4. The molecule has 0 amide bonds. The van der Waals surface area contributed by atoms with E-state index in [0.717, 1.165) is 0 Å². The molecule has 1 heterocycles. The molecular weight excluding hydrogens is 401 g/mol. The first kappa shape index (κ1) is 20.2. The fourth-order valence-electron chi connectivity index (χ4n) is 3.16. The number of ether oxygens (including phenoxy) is 1. The standard InChI is InChI=1S/C21H19Cl2NO4/c1-11(2)28-20(26)10-15-12(3)24(19-7-5-14(25)9-16(15)19)21(27)13-4-6-17(22)18(23)8-13/h4-9,11,25H,10H2,1-3H3. The van der Waals surface area contributed by atoms with E-state index in [1.807, 2.05) is 0 Å². The Bertz CT molecular complexity index is 1090. The molecular formula is C21H19Cl2NO4. The van der Waals surface area contributed by atoms with Crippen LogP contribution in [0.5, 0.6) is 5.75 Å². The Morgan fingerprint density at radius 2 is 1.82 bits per heavy atom. The molecule has 3 rings (SSSR count). The Hall–Kier alpha value is -2.50. The van der Waals surface area contributed by atoms with E-state index < -0.39 is 5.97 Å². The smallest absolute Gasteiger partial charge is 0.310 e. The van der Waals surface area contributed by atoms with E-state index in [1.165, 1.54) is 16.7 Å². The SMILES string of the molecule is Cc1c(CC(=O)OC(C)C)c2cc(O)ccc2n1C(=O)c1ccc(Cl)c(Cl)c1. The lowest BCUT2D eigenvalue weighted by Gasteiger charge is -2.09. The van der Waals surface area contributed by atoms with Crippen molar-refractivity contribution in [3.63, 3.8) is 0 Å². The number of fused-ring (bicyclic) bond motifs is 1. The number of phenolic OH excluding ortho intramolecular Hbond substituents is 1. The van der Waals surface area contributed by atoms with Gasteiger partial charge in [-0.25, -0.2) is 0 Å². The van der Waals surface area contributed by atoms with E-state index in [-0.39, 0.29) is 29.2 Å². The summed E-state index contributed by atoms with van der Waals surface area (Å²) in [6.07, 6.45) is -0.251. The minimum atomic E-state index is -0.400. The Morgan fingerprint density at radius 3 is 2.46 bits per heavy atom. The Labute approximate surface area is 172 Å². The van der Waals surface area contributed by atoms with Crippen LogP contribution in [-0.2, 0) is 16.0 Å². The molecule has 0 unspecified atom stereocenters. The molecule has 28 heavy (non-hydrogen) atoms. The van der Waals surface area contributed by atoms with Crippen LogP contribution in [0.4, 0.5) is 0 Å². The predicted molar refractivity (Wildman–Crippen MR) is 109 cm³/mol. The topological polar surface area (TPSA) is 68.5 Å². The van der Waals surface area contributed by atoms with Crippen molar-refractivity contribution < 1.29 is 19.4 Å². The van der Waals surface area contributed by atoms with Gasteiger partial charge in [-0.1, -0.05) is 23.2 Å². The minimum absolute atomic E-state index is 0.00831. The summed E-state index contributed by atoms with van der Waals surface area (Å²) < 4.78 is 6.75. The molecule has 146 valence electrons. The molecule has 2 aromatic carbocycles. The van der Waals surface area contributed by atoms with Crippen molar-refractivity contribution in [2.45, 2.75) is 33.3 Å². The number of carbonyl (C=O) groups is 2.